The van der Waals surface area contributed by atoms with Crippen molar-refractivity contribution in [2.45, 2.75) is 19.6 Å². The quantitative estimate of drug-likeness (QED) is 0.440. The van der Waals surface area contributed by atoms with Crippen LogP contribution in [0.4, 0.5) is 4.39 Å². The first-order valence-electron chi connectivity index (χ1n) is 3.73. The van der Waals surface area contributed by atoms with Crippen molar-refractivity contribution in [3.05, 3.63) is 21.8 Å². The molecule has 12 heavy (non-hydrogen) atoms. The number of nitrogens with zero attached hydrogens (tertiary/aromatic N) is 1. The summed E-state index contributed by atoms with van der Waals surface area (Å²) in [6.07, 6.45) is 1.68. The van der Waals surface area contributed by atoms with Crippen LogP contribution in [0.2, 0.25) is 19.6 Å². The summed E-state index contributed by atoms with van der Waals surface area (Å²) in [5.74, 6) is -0.128. The van der Waals surface area contributed by atoms with Crippen molar-refractivity contribution in [3.63, 3.8) is 0 Å². The van der Waals surface area contributed by atoms with E-state index in [0.717, 1.165) is 5.19 Å². The Labute approximate surface area is 86.6 Å². The lowest BCUT2D eigenvalue weighted by atomic mass is 10.5. The fourth-order valence-electron chi connectivity index (χ4n) is 0.997. The molecular formula is C8H11FINSi. The van der Waals surface area contributed by atoms with Crippen LogP contribution in [0.5, 0.6) is 0 Å². The molecular weight excluding hydrogens is 284 g/mol. The lowest BCUT2D eigenvalue weighted by Gasteiger charge is -2.17. The van der Waals surface area contributed by atoms with Crippen molar-refractivity contribution < 1.29 is 4.39 Å². The van der Waals surface area contributed by atoms with Crippen molar-refractivity contribution >= 4 is 35.9 Å². The molecule has 0 atom stereocenters. The molecule has 0 N–H and O–H groups in total. The van der Waals surface area contributed by atoms with E-state index in [4.69, 9.17) is 0 Å². The van der Waals surface area contributed by atoms with Gasteiger partial charge in [-0.25, -0.2) is 9.37 Å². The Morgan fingerprint density at radius 1 is 1.42 bits per heavy atom. The minimum Gasteiger partial charge on any atom is -0.247 e. The predicted molar refractivity (Wildman–Crippen MR) is 59.9 cm³/mol. The van der Waals surface area contributed by atoms with Crippen molar-refractivity contribution in [2.75, 3.05) is 0 Å². The van der Waals surface area contributed by atoms with E-state index in [2.05, 4.69) is 24.6 Å². The monoisotopic (exact) mass is 295 g/mol. The number of rotatable bonds is 1. The molecule has 0 aliphatic heterocycles. The Morgan fingerprint density at radius 3 is 2.42 bits per heavy atom. The first kappa shape index (κ1) is 10.1. The van der Waals surface area contributed by atoms with E-state index in [1.54, 1.807) is 12.3 Å². The first-order valence-corrected chi connectivity index (χ1v) is 8.31. The fraction of sp³-hybridized carbons (Fsp3) is 0.375. The van der Waals surface area contributed by atoms with Gasteiger partial charge in [-0.2, -0.15) is 0 Å². The smallest absolute Gasteiger partial charge is 0.154 e. The molecule has 1 aromatic heterocycles. The predicted octanol–water partition coefficient (Wildman–Crippen LogP) is 2.37. The van der Waals surface area contributed by atoms with Gasteiger partial charge in [0.25, 0.3) is 0 Å². The number of hydrogen-bond donors (Lipinski definition) is 0. The van der Waals surface area contributed by atoms with E-state index < -0.39 is 8.07 Å². The summed E-state index contributed by atoms with van der Waals surface area (Å²) in [6, 6.07) is 1.80. The van der Waals surface area contributed by atoms with E-state index >= 15 is 0 Å². The van der Waals surface area contributed by atoms with Crippen LogP contribution in [0.3, 0.4) is 0 Å². The maximum absolute atomic E-state index is 13.5. The van der Waals surface area contributed by atoms with Gasteiger partial charge in [-0.05, 0) is 33.8 Å². The third-order valence-corrected chi connectivity index (χ3v) is 4.41. The van der Waals surface area contributed by atoms with Crippen LogP contribution in [0, 0.1) is 9.52 Å². The normalized spacial score (nSPS) is 11.8. The SMILES string of the molecule is C[Si](C)(C)c1ccnc(I)c1F. The van der Waals surface area contributed by atoms with E-state index in [-0.39, 0.29) is 5.82 Å². The maximum Gasteiger partial charge on any atom is 0.154 e. The van der Waals surface area contributed by atoms with Gasteiger partial charge in [0.1, 0.15) is 3.70 Å². The van der Waals surface area contributed by atoms with Gasteiger partial charge < -0.3 is 0 Å². The summed E-state index contributed by atoms with van der Waals surface area (Å²) in [6.45, 7) is 6.38. The molecule has 0 aliphatic rings. The van der Waals surface area contributed by atoms with E-state index in [1.165, 1.54) is 0 Å². The van der Waals surface area contributed by atoms with Crippen LogP contribution in [0.15, 0.2) is 12.3 Å². The standard InChI is InChI=1S/C8H11FINSi/c1-12(2,3)6-4-5-11-8(10)7(6)9/h4-5H,1-3H3. The van der Waals surface area contributed by atoms with Crippen molar-refractivity contribution in [2.24, 2.45) is 0 Å². The molecule has 1 nitrogen and oxygen atoms in total. The molecule has 0 spiro atoms. The molecule has 4 heteroatoms. The third kappa shape index (κ3) is 2.04. The second kappa shape index (κ2) is 3.41. The molecule has 1 aromatic rings. The Balaban J connectivity index is 3.26. The number of halogens is 2. The molecule has 0 unspecified atom stereocenters. The summed E-state index contributed by atoms with van der Waals surface area (Å²) in [4.78, 5) is 3.89. The first-order chi connectivity index (χ1) is 5.43. The summed E-state index contributed by atoms with van der Waals surface area (Å²) >= 11 is 1.93. The minimum absolute atomic E-state index is 0.128. The topological polar surface area (TPSA) is 12.9 Å². The van der Waals surface area contributed by atoms with Gasteiger partial charge in [0.05, 0.1) is 8.07 Å². The molecule has 0 aliphatic carbocycles. The summed E-state index contributed by atoms with van der Waals surface area (Å²) < 4.78 is 13.9. The fourth-order valence-corrected chi connectivity index (χ4v) is 3.05. The number of pyridine rings is 1. The van der Waals surface area contributed by atoms with Gasteiger partial charge in [-0.3, -0.25) is 0 Å². The Bertz CT molecular complexity index is 296. The zero-order valence-corrected chi connectivity index (χ0v) is 10.5. The van der Waals surface area contributed by atoms with Crippen LogP contribution in [0.1, 0.15) is 0 Å². The minimum atomic E-state index is -1.53. The second-order valence-corrected chi connectivity index (χ2v) is 9.77. The van der Waals surface area contributed by atoms with Crippen LogP contribution >= 0.6 is 22.6 Å². The van der Waals surface area contributed by atoms with Crippen molar-refractivity contribution in [3.8, 4) is 0 Å². The molecule has 0 bridgehead atoms. The van der Waals surface area contributed by atoms with Gasteiger partial charge >= 0.3 is 0 Å². The average molecular weight is 295 g/mol. The molecule has 0 radical (unpaired) electrons. The molecule has 0 saturated heterocycles. The van der Waals surface area contributed by atoms with Gasteiger partial charge in [0.15, 0.2) is 5.82 Å². The zero-order chi connectivity index (χ0) is 9.35. The highest BCUT2D eigenvalue weighted by molar-refractivity contribution is 14.1. The maximum atomic E-state index is 13.5. The van der Waals surface area contributed by atoms with Gasteiger partial charge in [0, 0.05) is 6.20 Å². The molecule has 0 amide bonds. The zero-order valence-electron chi connectivity index (χ0n) is 7.36. The van der Waals surface area contributed by atoms with Gasteiger partial charge in [-0.1, -0.05) is 19.6 Å². The van der Waals surface area contributed by atoms with Crippen LogP contribution in [-0.2, 0) is 0 Å². The van der Waals surface area contributed by atoms with E-state index in [1.807, 2.05) is 22.6 Å². The summed E-state index contributed by atoms with van der Waals surface area (Å²) in [7, 11) is -1.53. The second-order valence-electron chi connectivity index (χ2n) is 3.71. The van der Waals surface area contributed by atoms with Crippen molar-refractivity contribution in [1.29, 1.82) is 0 Å². The van der Waals surface area contributed by atoms with Crippen LogP contribution < -0.4 is 5.19 Å². The molecule has 0 aromatic carbocycles. The molecule has 1 heterocycles. The molecule has 1 rings (SSSR count). The largest absolute Gasteiger partial charge is 0.247 e. The highest BCUT2D eigenvalue weighted by Gasteiger charge is 2.21. The lowest BCUT2D eigenvalue weighted by Crippen LogP contribution is -2.40. The highest BCUT2D eigenvalue weighted by atomic mass is 127. The van der Waals surface area contributed by atoms with Crippen LogP contribution in [-0.4, -0.2) is 13.1 Å². The lowest BCUT2D eigenvalue weighted by molar-refractivity contribution is 0.619. The average Bonchev–Trinajstić information content (AvgIpc) is 1.92. The highest BCUT2D eigenvalue weighted by Crippen LogP contribution is 2.09. The van der Waals surface area contributed by atoms with E-state index in [0.29, 0.717) is 3.70 Å². The Kier molecular flexibility index (Phi) is 2.87. The Hall–Kier alpha value is 0.0269. The van der Waals surface area contributed by atoms with Gasteiger partial charge in [-0.15, -0.1) is 0 Å². The number of hydrogen-bond acceptors (Lipinski definition) is 1. The molecule has 0 fully saturated rings. The van der Waals surface area contributed by atoms with Crippen LogP contribution in [0.25, 0.3) is 0 Å². The van der Waals surface area contributed by atoms with Crippen molar-refractivity contribution in [1.82, 2.24) is 4.98 Å². The number of aromatic nitrogens is 1. The molecule has 66 valence electrons. The van der Waals surface area contributed by atoms with E-state index in [9.17, 15) is 4.39 Å². The summed E-state index contributed by atoms with van der Waals surface area (Å²) in [5, 5.41) is 0.863. The summed E-state index contributed by atoms with van der Waals surface area (Å²) in [5.41, 5.74) is 0. The third-order valence-electron chi connectivity index (χ3n) is 1.65. The Morgan fingerprint density at radius 2 is 2.00 bits per heavy atom. The molecule has 0 saturated carbocycles. The van der Waals surface area contributed by atoms with Gasteiger partial charge in [0.2, 0.25) is 0 Å².